The molecule has 0 radical (unpaired) electrons. The molecule has 2 nitrogen and oxygen atoms in total. The lowest BCUT2D eigenvalue weighted by Crippen LogP contribution is -2.10. The van der Waals surface area contributed by atoms with Gasteiger partial charge in [-0.1, -0.05) is 158 Å². The second-order valence-corrected chi connectivity index (χ2v) is 13.7. The van der Waals surface area contributed by atoms with E-state index in [0.717, 1.165) is 56.4 Å². The van der Waals surface area contributed by atoms with E-state index in [1.54, 1.807) is 0 Å². The Morgan fingerprint density at radius 3 is 1.57 bits per heavy atom. The minimum absolute atomic E-state index is 0.845. The number of anilines is 3. The Kier molecular flexibility index (Phi) is 7.85. The summed E-state index contributed by atoms with van der Waals surface area (Å²) in [7, 11) is 0. The van der Waals surface area contributed by atoms with Crippen LogP contribution in [0.1, 0.15) is 0 Å². The van der Waals surface area contributed by atoms with E-state index in [0.29, 0.717) is 0 Å². The zero-order valence-electron chi connectivity index (χ0n) is 29.6. The molecule has 1 heterocycles. The summed E-state index contributed by atoms with van der Waals surface area (Å²) in [5.74, 6) is 1.70. The third-order valence-corrected chi connectivity index (χ3v) is 10.5. The van der Waals surface area contributed by atoms with Crippen LogP contribution in [-0.2, 0) is 0 Å². The fourth-order valence-electron chi connectivity index (χ4n) is 7.91. The zero-order chi connectivity index (χ0) is 35.8. The molecule has 9 aromatic carbocycles. The molecule has 254 valence electrons. The average molecular weight is 690 g/mol. The molecule has 10 rings (SSSR count). The highest BCUT2D eigenvalue weighted by atomic mass is 16.5. The van der Waals surface area contributed by atoms with E-state index in [1.807, 2.05) is 0 Å². The van der Waals surface area contributed by atoms with Gasteiger partial charge in [0.25, 0.3) is 0 Å². The fourth-order valence-corrected chi connectivity index (χ4v) is 7.91. The molecular formula is C52H35NO. The van der Waals surface area contributed by atoms with E-state index in [9.17, 15) is 0 Å². The lowest BCUT2D eigenvalue weighted by Gasteiger charge is -2.27. The van der Waals surface area contributed by atoms with Crippen LogP contribution in [0.15, 0.2) is 212 Å². The summed E-state index contributed by atoms with van der Waals surface area (Å²) in [6.07, 6.45) is 0. The van der Waals surface area contributed by atoms with Gasteiger partial charge in [0.2, 0.25) is 0 Å². The number of rotatable bonds is 6. The van der Waals surface area contributed by atoms with E-state index in [2.05, 4.69) is 217 Å². The Morgan fingerprint density at radius 2 is 0.833 bits per heavy atom. The number of hydrogen-bond acceptors (Lipinski definition) is 2. The van der Waals surface area contributed by atoms with Gasteiger partial charge in [0, 0.05) is 28.2 Å². The van der Waals surface area contributed by atoms with Crippen molar-refractivity contribution in [2.24, 2.45) is 0 Å². The number of para-hydroxylation sites is 2. The monoisotopic (exact) mass is 689 g/mol. The molecule has 0 saturated heterocycles. The zero-order valence-corrected chi connectivity index (χ0v) is 29.6. The SMILES string of the molecule is c1ccc(-c2cccc(-c3ccc(N(c4ccccc4)c4ccc5c(c4)-c4ccccc4Oc4cc(-c6ccccc6)c6ccccc6c4-5)cc3)c2)cc1. The molecule has 1 aliphatic rings. The molecule has 0 N–H and O–H groups in total. The van der Waals surface area contributed by atoms with E-state index >= 15 is 0 Å². The van der Waals surface area contributed by atoms with Crippen molar-refractivity contribution in [3.05, 3.63) is 212 Å². The average Bonchev–Trinajstić information content (AvgIpc) is 3.39. The van der Waals surface area contributed by atoms with E-state index in [4.69, 9.17) is 4.74 Å². The van der Waals surface area contributed by atoms with Crippen molar-refractivity contribution in [3.8, 4) is 67.1 Å². The third kappa shape index (κ3) is 5.62. The molecule has 0 fully saturated rings. The minimum Gasteiger partial charge on any atom is -0.456 e. The van der Waals surface area contributed by atoms with Gasteiger partial charge in [-0.2, -0.15) is 0 Å². The number of ether oxygens (including phenoxy) is 1. The second-order valence-electron chi connectivity index (χ2n) is 13.7. The van der Waals surface area contributed by atoms with Crippen molar-refractivity contribution in [2.45, 2.75) is 0 Å². The van der Waals surface area contributed by atoms with Gasteiger partial charge in [0.15, 0.2) is 0 Å². The van der Waals surface area contributed by atoms with Crippen LogP contribution in [0.3, 0.4) is 0 Å². The van der Waals surface area contributed by atoms with Crippen LogP contribution in [0.5, 0.6) is 11.5 Å². The van der Waals surface area contributed by atoms with Crippen LogP contribution < -0.4 is 9.64 Å². The van der Waals surface area contributed by atoms with Gasteiger partial charge in [0.1, 0.15) is 11.5 Å². The number of hydrogen-bond donors (Lipinski definition) is 0. The maximum absolute atomic E-state index is 6.90. The van der Waals surface area contributed by atoms with Crippen LogP contribution in [-0.4, -0.2) is 0 Å². The second kappa shape index (κ2) is 13.4. The molecule has 0 saturated carbocycles. The number of nitrogens with zero attached hydrogens (tertiary/aromatic N) is 1. The Labute approximate surface area is 315 Å². The molecule has 0 aromatic heterocycles. The minimum atomic E-state index is 0.845. The number of benzene rings is 9. The lowest BCUT2D eigenvalue weighted by atomic mass is 9.88. The van der Waals surface area contributed by atoms with Crippen LogP contribution in [0.4, 0.5) is 17.1 Å². The maximum atomic E-state index is 6.90. The summed E-state index contributed by atoms with van der Waals surface area (Å²) >= 11 is 0. The quantitative estimate of drug-likeness (QED) is 0.172. The molecule has 0 unspecified atom stereocenters. The predicted octanol–water partition coefficient (Wildman–Crippen LogP) is 14.8. The summed E-state index contributed by atoms with van der Waals surface area (Å²) in [6, 6.07) is 75.7. The van der Waals surface area contributed by atoms with Gasteiger partial charge >= 0.3 is 0 Å². The molecule has 2 heteroatoms. The summed E-state index contributed by atoms with van der Waals surface area (Å²) in [5, 5.41) is 2.37. The van der Waals surface area contributed by atoms with Crippen LogP contribution in [0.25, 0.3) is 66.4 Å². The molecule has 0 amide bonds. The van der Waals surface area contributed by atoms with Crippen molar-refractivity contribution >= 4 is 27.8 Å². The van der Waals surface area contributed by atoms with Crippen molar-refractivity contribution in [2.75, 3.05) is 4.90 Å². The van der Waals surface area contributed by atoms with Crippen LogP contribution in [0, 0.1) is 0 Å². The van der Waals surface area contributed by atoms with E-state index < -0.39 is 0 Å². The lowest BCUT2D eigenvalue weighted by molar-refractivity contribution is 0.488. The fraction of sp³-hybridized carbons (Fsp3) is 0. The smallest absolute Gasteiger partial charge is 0.136 e. The highest BCUT2D eigenvalue weighted by Crippen LogP contribution is 2.52. The normalized spacial score (nSPS) is 11.5. The van der Waals surface area contributed by atoms with Gasteiger partial charge in [0.05, 0.1) is 0 Å². The molecule has 0 aliphatic carbocycles. The van der Waals surface area contributed by atoms with Crippen LogP contribution in [0.2, 0.25) is 0 Å². The molecule has 1 aliphatic heterocycles. The van der Waals surface area contributed by atoms with Gasteiger partial charge in [-0.15, -0.1) is 0 Å². The first kappa shape index (κ1) is 31.6. The van der Waals surface area contributed by atoms with Crippen molar-refractivity contribution in [1.29, 1.82) is 0 Å². The van der Waals surface area contributed by atoms with Gasteiger partial charge < -0.3 is 9.64 Å². The Bertz CT molecular complexity index is 2770. The van der Waals surface area contributed by atoms with E-state index in [-0.39, 0.29) is 0 Å². The molecule has 0 spiro atoms. The maximum Gasteiger partial charge on any atom is 0.136 e. The van der Waals surface area contributed by atoms with Gasteiger partial charge in [-0.25, -0.2) is 0 Å². The van der Waals surface area contributed by atoms with E-state index in [1.165, 1.54) is 38.6 Å². The summed E-state index contributed by atoms with van der Waals surface area (Å²) < 4.78 is 6.90. The molecule has 0 bridgehead atoms. The standard InChI is InChI=1S/C52H35NO/c1-4-15-36(16-5-1)39-19-14-20-40(33-39)37-27-29-42(30-28-37)53(41-21-8-3-9-22-41)43-31-32-47-49(34-43)45-24-12-13-26-50(45)54-51-35-48(38-17-6-2-7-18-38)44-23-10-11-25-46(44)52(47)51/h1-35H. The third-order valence-electron chi connectivity index (χ3n) is 10.5. The number of fused-ring (bicyclic) bond motifs is 7. The Hall–Kier alpha value is -7.16. The topological polar surface area (TPSA) is 12.5 Å². The highest BCUT2D eigenvalue weighted by Gasteiger charge is 2.26. The predicted molar refractivity (Wildman–Crippen MR) is 226 cm³/mol. The van der Waals surface area contributed by atoms with Gasteiger partial charge in [-0.3, -0.25) is 0 Å². The summed E-state index contributed by atoms with van der Waals surface area (Å²) in [6.45, 7) is 0. The summed E-state index contributed by atoms with van der Waals surface area (Å²) in [5.41, 5.74) is 14.8. The van der Waals surface area contributed by atoms with Crippen LogP contribution >= 0.6 is 0 Å². The molecule has 9 aromatic rings. The molecule has 54 heavy (non-hydrogen) atoms. The van der Waals surface area contributed by atoms with Crippen molar-refractivity contribution in [1.82, 2.24) is 0 Å². The first-order valence-electron chi connectivity index (χ1n) is 18.4. The largest absolute Gasteiger partial charge is 0.456 e. The molecule has 0 atom stereocenters. The van der Waals surface area contributed by atoms with Crippen molar-refractivity contribution in [3.63, 3.8) is 0 Å². The molecular weight excluding hydrogens is 655 g/mol. The van der Waals surface area contributed by atoms with Crippen molar-refractivity contribution < 1.29 is 4.74 Å². The first-order valence-corrected chi connectivity index (χ1v) is 18.4. The Balaban J connectivity index is 1.12. The van der Waals surface area contributed by atoms with Gasteiger partial charge in [-0.05, 0) is 110 Å². The highest BCUT2D eigenvalue weighted by molar-refractivity contribution is 6.10. The first-order chi connectivity index (χ1) is 26.8. The Morgan fingerprint density at radius 1 is 0.278 bits per heavy atom. The summed E-state index contributed by atoms with van der Waals surface area (Å²) in [4.78, 5) is 2.34.